The summed E-state index contributed by atoms with van der Waals surface area (Å²) in [4.78, 5) is 2.97. The molecule has 9 heteroatoms. The van der Waals surface area contributed by atoms with Gasteiger partial charge in [0.2, 0.25) is 0 Å². The number of H-pyrrole nitrogens is 1. The zero-order valence-corrected chi connectivity index (χ0v) is 13.4. The Morgan fingerprint density at radius 1 is 1.11 bits per heavy atom. The van der Waals surface area contributed by atoms with E-state index in [-0.39, 0.29) is 56.9 Å². The third-order valence-electron chi connectivity index (χ3n) is 1.67. The summed E-state index contributed by atoms with van der Waals surface area (Å²) >= 11 is 0. The fraction of sp³-hybridized carbons (Fsp3) is 0. The summed E-state index contributed by atoms with van der Waals surface area (Å²) in [5.41, 5.74) is 0.787. The molecule has 0 saturated carbocycles. The summed E-state index contributed by atoms with van der Waals surface area (Å²) in [6.07, 6.45) is 1.79. The Hall–Kier alpha value is -0.104. The van der Waals surface area contributed by atoms with E-state index >= 15 is 0 Å². The maximum atomic E-state index is 9.34. The third kappa shape index (κ3) is 8.08. The molecule has 18 heavy (non-hydrogen) atoms. The Morgan fingerprint density at radius 3 is 2.11 bits per heavy atom. The molecule has 94 valence electrons. The van der Waals surface area contributed by atoms with Gasteiger partial charge in [0.25, 0.3) is 5.52 Å². The van der Waals surface area contributed by atoms with Gasteiger partial charge in [0.15, 0.2) is 11.9 Å². The normalized spacial score (nSPS) is 9.44. The van der Waals surface area contributed by atoms with Crippen LogP contribution in [-0.2, 0) is 10.4 Å². The third-order valence-corrected chi connectivity index (χ3v) is 1.67. The minimum atomic E-state index is -5.17. The summed E-state index contributed by atoms with van der Waals surface area (Å²) in [7, 11) is -5.17. The first-order valence-electron chi connectivity index (χ1n) is 4.13. The molecule has 0 unspecified atom stereocenters. The van der Waals surface area contributed by atoms with E-state index in [0.29, 0.717) is 5.75 Å². The van der Waals surface area contributed by atoms with Gasteiger partial charge in [-0.3, -0.25) is 8.42 Å². The van der Waals surface area contributed by atoms with E-state index in [1.165, 1.54) is 0 Å². The van der Waals surface area contributed by atoms with E-state index in [1.807, 2.05) is 24.3 Å². The predicted molar refractivity (Wildman–Crippen MR) is 56.3 cm³/mol. The number of benzene rings is 1. The number of nitrogens with one attached hydrogen (secondary N) is 1. The molecule has 0 spiro atoms. The van der Waals surface area contributed by atoms with E-state index in [1.54, 1.807) is 12.3 Å². The second-order valence-electron chi connectivity index (χ2n) is 2.82. The molecule has 1 heterocycles. The van der Waals surface area contributed by atoms with Crippen molar-refractivity contribution in [2.45, 2.75) is 0 Å². The maximum Gasteiger partial charge on any atom is 1.00 e. The van der Waals surface area contributed by atoms with Crippen molar-refractivity contribution in [3.63, 3.8) is 0 Å². The molecule has 0 aliphatic carbocycles. The topological polar surface area (TPSA) is 146 Å². The predicted octanol–water partition coefficient (Wildman–Crippen LogP) is -3.80. The van der Waals surface area contributed by atoms with Gasteiger partial charge in [0.05, 0.1) is 5.39 Å². The number of aromatic hydroxyl groups is 1. The van der Waals surface area contributed by atoms with Crippen molar-refractivity contribution in [2.24, 2.45) is 0 Å². The zero-order chi connectivity index (χ0) is 12.2. The molecular weight excluding hydrogens is 289 g/mol. The summed E-state index contributed by atoms with van der Waals surface area (Å²) in [6, 6.07) is 9.29. The molecule has 0 saturated heterocycles. The Kier molecular flexibility index (Phi) is 10.0. The molecule has 0 aliphatic rings. The molecule has 4 N–H and O–H groups in total. The molecule has 7 nitrogen and oxygen atoms in total. The zero-order valence-electron chi connectivity index (χ0n) is 9.45. The van der Waals surface area contributed by atoms with Crippen LogP contribution in [0.3, 0.4) is 0 Å². The minimum Gasteiger partial charge on any atom is -0.759 e. The van der Waals surface area contributed by atoms with Crippen molar-refractivity contribution in [1.82, 2.24) is 0 Å². The van der Waals surface area contributed by atoms with Gasteiger partial charge in [0.1, 0.15) is 0 Å². The van der Waals surface area contributed by atoms with Crippen LogP contribution in [0.5, 0.6) is 5.75 Å². The van der Waals surface area contributed by atoms with Crippen molar-refractivity contribution >= 4 is 21.3 Å². The van der Waals surface area contributed by atoms with E-state index in [0.717, 1.165) is 10.9 Å². The summed E-state index contributed by atoms with van der Waals surface area (Å²) in [5, 5.41) is 10.4. The van der Waals surface area contributed by atoms with E-state index < -0.39 is 10.4 Å². The summed E-state index contributed by atoms with van der Waals surface area (Å²) < 4.78 is 34.1. The molecule has 0 amide bonds. The standard InChI is InChI=1S/C9H7NO.K.H2O4S.H2O/c11-8-5-1-3-7-4-2-6-10-9(7)8;;1-5(2,3)4;/h1-6,11H;;(H2,1,2,3,4);1H2/q;+1;;/p-1. The molecule has 0 aliphatic heterocycles. The number of rotatable bonds is 0. The molecule has 0 bridgehead atoms. The number of aromatic amines is 1. The van der Waals surface area contributed by atoms with Crippen LogP contribution in [0.1, 0.15) is 0 Å². The van der Waals surface area contributed by atoms with Gasteiger partial charge in [-0.25, -0.2) is 4.98 Å². The number of hydrogen-bond donors (Lipinski definition) is 1. The van der Waals surface area contributed by atoms with Crippen molar-refractivity contribution in [3.8, 4) is 5.75 Å². The van der Waals surface area contributed by atoms with Gasteiger partial charge < -0.3 is 19.7 Å². The Bertz CT molecular complexity index is 575. The average Bonchev–Trinajstić information content (AvgIpc) is 2.16. The molecular formula is C9H10KNO6S. The minimum absolute atomic E-state index is 0. The van der Waals surface area contributed by atoms with Gasteiger partial charge in [0, 0.05) is 16.5 Å². The maximum absolute atomic E-state index is 9.34. The average molecular weight is 299 g/mol. The Balaban J connectivity index is 0. The van der Waals surface area contributed by atoms with Crippen LogP contribution < -0.4 is 56.4 Å². The molecule has 0 atom stereocenters. The molecule has 0 fully saturated rings. The number of para-hydroxylation sites is 1. The van der Waals surface area contributed by atoms with Crippen LogP contribution in [0.4, 0.5) is 0 Å². The number of phenols is 1. The smallest absolute Gasteiger partial charge is 0.759 e. The van der Waals surface area contributed by atoms with E-state index in [4.69, 9.17) is 17.5 Å². The van der Waals surface area contributed by atoms with E-state index in [2.05, 4.69) is 4.98 Å². The fourth-order valence-corrected chi connectivity index (χ4v) is 1.14. The van der Waals surface area contributed by atoms with Crippen LogP contribution >= 0.6 is 0 Å². The number of hydrogen-bond acceptors (Lipinski definition) is 5. The second kappa shape index (κ2) is 8.91. The quantitative estimate of drug-likeness (QED) is 0.301. The Morgan fingerprint density at radius 2 is 1.61 bits per heavy atom. The van der Waals surface area contributed by atoms with Crippen LogP contribution in [0, 0.1) is 0 Å². The molecule has 2 rings (SSSR count). The van der Waals surface area contributed by atoms with Gasteiger partial charge in [-0.1, -0.05) is 6.07 Å². The van der Waals surface area contributed by atoms with E-state index in [9.17, 15) is 5.11 Å². The van der Waals surface area contributed by atoms with Gasteiger partial charge in [-0.05, 0) is 18.2 Å². The van der Waals surface area contributed by atoms with Crippen LogP contribution in [-0.4, -0.2) is 28.1 Å². The molecule has 2 aromatic rings. The van der Waals surface area contributed by atoms with Gasteiger partial charge in [-0.2, -0.15) is 0 Å². The van der Waals surface area contributed by atoms with Crippen molar-refractivity contribution < 1.29 is 84.5 Å². The monoisotopic (exact) mass is 299 g/mol. The number of aromatic nitrogens is 1. The second-order valence-corrected chi connectivity index (χ2v) is 3.64. The largest absolute Gasteiger partial charge is 1.00 e. The van der Waals surface area contributed by atoms with Crippen LogP contribution in [0.2, 0.25) is 0 Å². The first-order chi connectivity index (χ1) is 7.38. The molecule has 1 aromatic heterocycles. The Labute approximate surface area is 146 Å². The first-order valence-corrected chi connectivity index (χ1v) is 5.46. The van der Waals surface area contributed by atoms with Gasteiger partial charge in [-0.15, -0.1) is 0 Å². The summed E-state index contributed by atoms with van der Waals surface area (Å²) in [6.45, 7) is 0. The molecule has 0 radical (unpaired) electrons. The van der Waals surface area contributed by atoms with Crippen molar-refractivity contribution in [2.75, 3.05) is 0 Å². The van der Waals surface area contributed by atoms with Crippen LogP contribution in [0.25, 0.3) is 10.9 Å². The van der Waals surface area contributed by atoms with Gasteiger partial charge >= 0.3 is 51.4 Å². The number of phenolic OH excluding ortho intramolecular Hbond substituents is 1. The number of fused-ring (bicyclic) bond motifs is 1. The first kappa shape index (κ1) is 20.2. The number of pyridine rings is 1. The van der Waals surface area contributed by atoms with Crippen LogP contribution in [0.15, 0.2) is 36.5 Å². The molecule has 1 aromatic carbocycles. The van der Waals surface area contributed by atoms with Crippen molar-refractivity contribution in [3.05, 3.63) is 36.5 Å². The van der Waals surface area contributed by atoms with Crippen molar-refractivity contribution in [1.29, 1.82) is 0 Å². The SMILES string of the molecule is O.O=S(=O)([O-])[O-].Oc1cccc2ccc[nH+]c12.[K+]. The fourth-order valence-electron chi connectivity index (χ4n) is 1.14. The summed E-state index contributed by atoms with van der Waals surface area (Å²) in [5.74, 6) is 0.295.